The van der Waals surface area contributed by atoms with Gasteiger partial charge in [-0.1, -0.05) is 42.1 Å². The van der Waals surface area contributed by atoms with Gasteiger partial charge in [-0.05, 0) is 41.1 Å². The zero-order valence-corrected chi connectivity index (χ0v) is 18.4. The van der Waals surface area contributed by atoms with Gasteiger partial charge in [0.25, 0.3) is 0 Å². The molecule has 0 unspecified atom stereocenters. The standard InChI is InChI=1S/C20H15N2O3S.Zn/c1-25-17-11-16-7-4-10-21-20(16)19(13-17)22-26(23,24)18-9-8-14-5-2-3-6-15(14)12-18;/h2-13H,1H3;/q-1;. The summed E-state index contributed by atoms with van der Waals surface area (Å²) in [5.74, 6) is 0.526. The van der Waals surface area contributed by atoms with Crippen LogP contribution in [0.4, 0.5) is 5.69 Å². The molecule has 1 heterocycles. The third kappa shape index (κ3) is 3.80. The summed E-state index contributed by atoms with van der Waals surface area (Å²) in [6, 6.07) is 19.6. The maximum absolute atomic E-state index is 12.9. The molecule has 0 saturated heterocycles. The Morgan fingerprint density at radius 1 is 0.889 bits per heavy atom. The number of ether oxygens (including phenoxy) is 1. The third-order valence-electron chi connectivity index (χ3n) is 4.13. The number of hydrogen-bond acceptors (Lipinski definition) is 4. The Labute approximate surface area is 170 Å². The van der Waals surface area contributed by atoms with Crippen molar-refractivity contribution in [2.75, 3.05) is 7.11 Å². The van der Waals surface area contributed by atoms with Crippen molar-refractivity contribution in [1.82, 2.24) is 4.98 Å². The van der Waals surface area contributed by atoms with E-state index in [2.05, 4.69) is 9.71 Å². The van der Waals surface area contributed by atoms with Crippen molar-refractivity contribution in [3.05, 3.63) is 77.6 Å². The molecule has 4 rings (SSSR count). The van der Waals surface area contributed by atoms with E-state index in [1.54, 1.807) is 42.6 Å². The minimum Gasteiger partial charge on any atom is -0.571 e. The Bertz CT molecular complexity index is 1230. The Morgan fingerprint density at radius 2 is 1.63 bits per heavy atom. The van der Waals surface area contributed by atoms with Gasteiger partial charge in [0.1, 0.15) is 15.8 Å². The predicted octanol–water partition coefficient (Wildman–Crippen LogP) is 4.79. The molecule has 27 heavy (non-hydrogen) atoms. The molecule has 0 bridgehead atoms. The van der Waals surface area contributed by atoms with Gasteiger partial charge in [0.05, 0.1) is 17.5 Å². The first-order valence-electron chi connectivity index (χ1n) is 7.96. The SMILES string of the molecule is COc1cc([N-]S(=O)(=O)c2ccc3ccccc3c2)c2ncccc2c1.[Zn]. The topological polar surface area (TPSA) is 70.4 Å². The zero-order chi connectivity index (χ0) is 18.1. The van der Waals surface area contributed by atoms with Gasteiger partial charge in [0.15, 0.2) is 0 Å². The number of pyridine rings is 1. The smallest absolute Gasteiger partial charge is 0.123 e. The first-order valence-corrected chi connectivity index (χ1v) is 9.40. The maximum Gasteiger partial charge on any atom is 0.123 e. The number of aromatic nitrogens is 1. The van der Waals surface area contributed by atoms with Crippen LogP contribution in [0.15, 0.2) is 77.8 Å². The van der Waals surface area contributed by atoms with Crippen LogP contribution < -0.4 is 4.74 Å². The van der Waals surface area contributed by atoms with E-state index in [0.29, 0.717) is 11.3 Å². The number of rotatable bonds is 4. The van der Waals surface area contributed by atoms with Gasteiger partial charge in [-0.15, -0.1) is 0 Å². The van der Waals surface area contributed by atoms with Gasteiger partial charge in [0.2, 0.25) is 0 Å². The molecule has 1 aromatic heterocycles. The van der Waals surface area contributed by atoms with Gasteiger partial charge in [-0.3, -0.25) is 4.98 Å². The molecule has 0 radical (unpaired) electrons. The third-order valence-corrected chi connectivity index (χ3v) is 5.42. The minimum absolute atomic E-state index is 0. The van der Waals surface area contributed by atoms with Crippen LogP contribution in [0, 0.1) is 0 Å². The molecule has 7 heteroatoms. The average Bonchev–Trinajstić information content (AvgIpc) is 2.67. The summed E-state index contributed by atoms with van der Waals surface area (Å²) in [7, 11) is -2.36. The second-order valence-corrected chi connectivity index (χ2v) is 7.40. The molecule has 0 aliphatic carbocycles. The van der Waals surface area contributed by atoms with Crippen molar-refractivity contribution in [3.8, 4) is 5.75 Å². The summed E-state index contributed by atoms with van der Waals surface area (Å²) in [6.45, 7) is 0. The molecule has 0 fully saturated rings. The quantitative estimate of drug-likeness (QED) is 0.438. The molecule has 0 N–H and O–H groups in total. The number of sulfonamides is 1. The molecular weight excluding hydrogens is 414 g/mol. The number of fused-ring (bicyclic) bond motifs is 2. The van der Waals surface area contributed by atoms with E-state index >= 15 is 0 Å². The fraction of sp³-hybridized carbons (Fsp3) is 0.0500. The van der Waals surface area contributed by atoms with E-state index in [1.165, 1.54) is 7.11 Å². The predicted molar refractivity (Wildman–Crippen MR) is 102 cm³/mol. The first kappa shape index (κ1) is 19.3. The number of nitrogens with zero attached hydrogens (tertiary/aromatic N) is 2. The molecule has 0 atom stereocenters. The largest absolute Gasteiger partial charge is 0.571 e. The summed E-state index contributed by atoms with van der Waals surface area (Å²) >= 11 is 0. The van der Waals surface area contributed by atoms with Crippen LogP contribution in [0.2, 0.25) is 0 Å². The Morgan fingerprint density at radius 3 is 2.41 bits per heavy atom. The summed E-state index contributed by atoms with van der Waals surface area (Å²) < 4.78 is 35.0. The van der Waals surface area contributed by atoms with E-state index in [9.17, 15) is 8.42 Å². The van der Waals surface area contributed by atoms with Crippen LogP contribution in [0.25, 0.3) is 26.4 Å². The van der Waals surface area contributed by atoms with Gasteiger partial charge >= 0.3 is 0 Å². The first-order chi connectivity index (χ1) is 12.6. The van der Waals surface area contributed by atoms with E-state index in [0.717, 1.165) is 16.2 Å². The average molecular weight is 429 g/mol. The second kappa shape index (κ2) is 7.63. The number of methoxy groups -OCH3 is 1. The van der Waals surface area contributed by atoms with E-state index in [-0.39, 0.29) is 30.1 Å². The van der Waals surface area contributed by atoms with Crippen LogP contribution in [-0.4, -0.2) is 20.5 Å². The summed E-state index contributed by atoms with van der Waals surface area (Å²) in [4.78, 5) is 4.41. The van der Waals surface area contributed by atoms with Crippen molar-refractivity contribution in [2.24, 2.45) is 0 Å². The van der Waals surface area contributed by atoms with E-state index in [1.807, 2.05) is 30.3 Å². The molecule has 0 saturated carbocycles. The number of hydrogen-bond donors (Lipinski definition) is 0. The van der Waals surface area contributed by atoms with Crippen LogP contribution >= 0.6 is 0 Å². The molecular formula is C20H15N2O3SZn-. The van der Waals surface area contributed by atoms with Crippen molar-refractivity contribution in [3.63, 3.8) is 0 Å². The molecule has 0 amide bonds. The molecule has 5 nitrogen and oxygen atoms in total. The fourth-order valence-electron chi connectivity index (χ4n) is 2.84. The molecule has 3 aromatic carbocycles. The van der Waals surface area contributed by atoms with Gasteiger partial charge < -0.3 is 9.46 Å². The molecule has 0 aliphatic heterocycles. The van der Waals surface area contributed by atoms with Crippen molar-refractivity contribution < 1.29 is 32.6 Å². The van der Waals surface area contributed by atoms with E-state index in [4.69, 9.17) is 4.74 Å². The van der Waals surface area contributed by atoms with Crippen LogP contribution in [0.5, 0.6) is 5.75 Å². The normalized spacial score (nSPS) is 11.1. The number of benzene rings is 3. The fourth-order valence-corrected chi connectivity index (χ4v) is 3.86. The van der Waals surface area contributed by atoms with Gasteiger partial charge in [-0.25, -0.2) is 8.42 Å². The van der Waals surface area contributed by atoms with Crippen LogP contribution in [-0.2, 0) is 29.5 Å². The Balaban J connectivity index is 0.00000210. The molecule has 4 aromatic rings. The molecule has 0 spiro atoms. The van der Waals surface area contributed by atoms with Gasteiger partial charge in [-0.2, -0.15) is 0 Å². The second-order valence-electron chi connectivity index (χ2n) is 5.80. The summed E-state index contributed by atoms with van der Waals surface area (Å²) in [5.41, 5.74) is 0.769. The monoisotopic (exact) mass is 427 g/mol. The Kier molecular flexibility index (Phi) is 5.44. The van der Waals surface area contributed by atoms with Crippen molar-refractivity contribution in [2.45, 2.75) is 4.90 Å². The van der Waals surface area contributed by atoms with Crippen molar-refractivity contribution in [1.29, 1.82) is 0 Å². The van der Waals surface area contributed by atoms with Gasteiger partial charge in [0, 0.05) is 31.1 Å². The molecule has 0 aliphatic rings. The van der Waals surface area contributed by atoms with Crippen molar-refractivity contribution >= 4 is 37.4 Å². The summed E-state index contributed by atoms with van der Waals surface area (Å²) in [5, 5.41) is 2.58. The van der Waals surface area contributed by atoms with Crippen LogP contribution in [0.3, 0.4) is 0 Å². The Hall–Kier alpha value is -2.50. The van der Waals surface area contributed by atoms with E-state index < -0.39 is 10.0 Å². The zero-order valence-electron chi connectivity index (χ0n) is 14.7. The maximum atomic E-state index is 12.9. The minimum atomic E-state index is -3.89. The summed E-state index contributed by atoms with van der Waals surface area (Å²) in [6.07, 6.45) is 1.61. The molecule has 132 valence electrons. The van der Waals surface area contributed by atoms with Crippen LogP contribution in [0.1, 0.15) is 0 Å².